The minimum atomic E-state index is -1.05. The van der Waals surface area contributed by atoms with Crippen molar-refractivity contribution in [3.05, 3.63) is 63.7 Å². The van der Waals surface area contributed by atoms with Crippen molar-refractivity contribution < 1.29 is 19.6 Å². The molecular formula is C19H18N2O5S. The van der Waals surface area contributed by atoms with Crippen molar-refractivity contribution >= 4 is 29.3 Å². The number of carbonyl (C=O) groups is 2. The number of hydrogen-bond acceptors (Lipinski definition) is 5. The van der Waals surface area contributed by atoms with Gasteiger partial charge in [0.15, 0.2) is 0 Å². The first-order valence-corrected chi connectivity index (χ1v) is 9.25. The van der Waals surface area contributed by atoms with Gasteiger partial charge in [0.1, 0.15) is 6.04 Å². The van der Waals surface area contributed by atoms with E-state index in [0.29, 0.717) is 24.3 Å². The Balaban J connectivity index is 1.89. The SMILES string of the molecule is Cc1ccc(Sc2ccc(C(=O)N3CCC[C@@H]3C(=O)O)cc2[N+](=O)[O-])cc1. The molecule has 0 unspecified atom stereocenters. The van der Waals surface area contributed by atoms with Crippen LogP contribution in [0.15, 0.2) is 52.3 Å². The number of aryl methyl sites for hydroxylation is 1. The van der Waals surface area contributed by atoms with Crippen molar-refractivity contribution in [1.29, 1.82) is 0 Å². The van der Waals surface area contributed by atoms with Crippen LogP contribution in [0.5, 0.6) is 0 Å². The second-order valence-electron chi connectivity index (χ2n) is 6.35. The average molecular weight is 386 g/mol. The first-order valence-electron chi connectivity index (χ1n) is 8.43. The second-order valence-corrected chi connectivity index (χ2v) is 7.46. The van der Waals surface area contributed by atoms with Crippen LogP contribution in [0.1, 0.15) is 28.8 Å². The molecule has 1 amide bonds. The van der Waals surface area contributed by atoms with Crippen LogP contribution in [0.2, 0.25) is 0 Å². The van der Waals surface area contributed by atoms with Crippen molar-refractivity contribution in [2.75, 3.05) is 6.54 Å². The van der Waals surface area contributed by atoms with Crippen molar-refractivity contribution in [3.63, 3.8) is 0 Å². The summed E-state index contributed by atoms with van der Waals surface area (Å²) in [5, 5.41) is 20.8. The lowest BCUT2D eigenvalue weighted by atomic mass is 10.1. The standard InChI is InChI=1S/C19H18N2O5S/c1-12-4-7-14(8-5-12)27-17-9-6-13(11-16(17)21(25)26)18(22)20-10-2-3-15(20)19(23)24/h4-9,11,15H,2-3,10H2,1H3,(H,23,24)/t15-/m1/s1. The molecule has 8 heteroatoms. The highest BCUT2D eigenvalue weighted by Crippen LogP contribution is 2.36. The monoisotopic (exact) mass is 386 g/mol. The largest absolute Gasteiger partial charge is 0.480 e. The third kappa shape index (κ3) is 4.11. The molecule has 2 aromatic rings. The highest BCUT2D eigenvalue weighted by atomic mass is 32.2. The predicted octanol–water partition coefficient (Wildman–Crippen LogP) is 3.74. The van der Waals surface area contributed by atoms with Crippen LogP contribution < -0.4 is 0 Å². The summed E-state index contributed by atoms with van der Waals surface area (Å²) >= 11 is 1.25. The van der Waals surface area contributed by atoms with E-state index in [-0.39, 0.29) is 11.3 Å². The van der Waals surface area contributed by atoms with Crippen LogP contribution >= 0.6 is 11.8 Å². The van der Waals surface area contributed by atoms with E-state index in [1.807, 2.05) is 31.2 Å². The maximum Gasteiger partial charge on any atom is 0.326 e. The van der Waals surface area contributed by atoms with Gasteiger partial charge in [-0.25, -0.2) is 4.79 Å². The van der Waals surface area contributed by atoms with Crippen LogP contribution in [0.25, 0.3) is 0 Å². The lowest BCUT2D eigenvalue weighted by Crippen LogP contribution is -2.40. The van der Waals surface area contributed by atoms with Gasteiger partial charge in [0.05, 0.1) is 9.82 Å². The van der Waals surface area contributed by atoms with Crippen LogP contribution in [0.4, 0.5) is 5.69 Å². The Bertz CT molecular complexity index is 897. The minimum Gasteiger partial charge on any atom is -0.480 e. The Morgan fingerprint density at radius 1 is 1.22 bits per heavy atom. The van der Waals surface area contributed by atoms with E-state index in [1.165, 1.54) is 28.8 Å². The van der Waals surface area contributed by atoms with Gasteiger partial charge in [-0.15, -0.1) is 0 Å². The number of nitro benzene ring substituents is 1. The summed E-state index contributed by atoms with van der Waals surface area (Å²) in [5.74, 6) is -1.54. The molecule has 0 aliphatic carbocycles. The van der Waals surface area contributed by atoms with E-state index in [9.17, 15) is 24.8 Å². The molecule has 27 heavy (non-hydrogen) atoms. The lowest BCUT2D eigenvalue weighted by molar-refractivity contribution is -0.387. The van der Waals surface area contributed by atoms with Crippen molar-refractivity contribution in [1.82, 2.24) is 4.90 Å². The van der Waals surface area contributed by atoms with Gasteiger partial charge in [0, 0.05) is 23.1 Å². The molecule has 1 fully saturated rings. The fourth-order valence-corrected chi connectivity index (χ4v) is 3.95. The van der Waals surface area contributed by atoms with Crippen molar-refractivity contribution in [2.45, 2.75) is 35.6 Å². The molecule has 1 saturated heterocycles. The molecule has 3 rings (SSSR count). The molecule has 0 spiro atoms. The lowest BCUT2D eigenvalue weighted by Gasteiger charge is -2.21. The van der Waals surface area contributed by atoms with Crippen molar-refractivity contribution in [3.8, 4) is 0 Å². The predicted molar refractivity (Wildman–Crippen MR) is 100 cm³/mol. The highest BCUT2D eigenvalue weighted by molar-refractivity contribution is 7.99. The van der Waals surface area contributed by atoms with E-state index < -0.39 is 22.8 Å². The zero-order valence-electron chi connectivity index (χ0n) is 14.6. The summed E-state index contributed by atoms with van der Waals surface area (Å²) < 4.78 is 0. The Morgan fingerprint density at radius 3 is 2.56 bits per heavy atom. The summed E-state index contributed by atoms with van der Waals surface area (Å²) in [4.78, 5) is 37.5. The molecule has 0 aromatic heterocycles. The van der Waals surface area contributed by atoms with E-state index in [2.05, 4.69) is 0 Å². The van der Waals surface area contributed by atoms with Crippen LogP contribution in [-0.4, -0.2) is 39.4 Å². The highest BCUT2D eigenvalue weighted by Gasteiger charge is 2.35. The summed E-state index contributed by atoms with van der Waals surface area (Å²) in [7, 11) is 0. The number of hydrogen-bond donors (Lipinski definition) is 1. The number of nitrogens with zero attached hydrogens (tertiary/aromatic N) is 2. The molecule has 0 bridgehead atoms. The van der Waals surface area contributed by atoms with E-state index in [0.717, 1.165) is 10.5 Å². The van der Waals surface area contributed by atoms with Gasteiger partial charge in [-0.3, -0.25) is 14.9 Å². The van der Waals surface area contributed by atoms with Gasteiger partial charge in [-0.1, -0.05) is 29.5 Å². The Morgan fingerprint density at radius 2 is 1.93 bits per heavy atom. The van der Waals surface area contributed by atoms with Crippen LogP contribution in [0, 0.1) is 17.0 Å². The molecule has 1 aliphatic heterocycles. The van der Waals surface area contributed by atoms with Crippen LogP contribution in [0.3, 0.4) is 0 Å². The summed E-state index contributed by atoms with van der Waals surface area (Å²) in [6.07, 6.45) is 0.997. The van der Waals surface area contributed by atoms with Gasteiger partial charge in [0.2, 0.25) is 0 Å². The average Bonchev–Trinajstić information content (AvgIpc) is 3.13. The summed E-state index contributed by atoms with van der Waals surface area (Å²) in [6.45, 7) is 2.30. The molecule has 7 nitrogen and oxygen atoms in total. The number of likely N-dealkylation sites (tertiary alicyclic amines) is 1. The third-order valence-electron chi connectivity index (χ3n) is 4.45. The first-order chi connectivity index (χ1) is 12.9. The number of nitro groups is 1. The Labute approximate surface area is 160 Å². The normalized spacial score (nSPS) is 16.3. The van der Waals surface area contributed by atoms with Gasteiger partial charge in [-0.2, -0.15) is 0 Å². The molecule has 140 valence electrons. The topological polar surface area (TPSA) is 101 Å². The molecule has 0 radical (unpaired) electrons. The van der Waals surface area contributed by atoms with E-state index in [4.69, 9.17) is 0 Å². The number of rotatable bonds is 5. The smallest absolute Gasteiger partial charge is 0.326 e. The second kappa shape index (κ2) is 7.79. The quantitative estimate of drug-likeness (QED) is 0.620. The summed E-state index contributed by atoms with van der Waals surface area (Å²) in [5.41, 5.74) is 1.05. The Kier molecular flexibility index (Phi) is 5.46. The molecule has 1 heterocycles. The fourth-order valence-electron chi connectivity index (χ4n) is 3.05. The maximum atomic E-state index is 12.7. The number of carbonyl (C=O) groups excluding carboxylic acids is 1. The molecule has 2 aromatic carbocycles. The van der Waals surface area contributed by atoms with Gasteiger partial charge >= 0.3 is 5.97 Å². The number of benzene rings is 2. The number of carboxylic acids is 1. The van der Waals surface area contributed by atoms with Crippen LogP contribution in [-0.2, 0) is 4.79 Å². The van der Waals surface area contributed by atoms with Gasteiger partial charge < -0.3 is 10.0 Å². The maximum absolute atomic E-state index is 12.7. The summed E-state index contributed by atoms with van der Waals surface area (Å²) in [6, 6.07) is 11.0. The van der Waals surface area contributed by atoms with Gasteiger partial charge in [0.25, 0.3) is 11.6 Å². The zero-order valence-corrected chi connectivity index (χ0v) is 15.4. The van der Waals surface area contributed by atoms with E-state index >= 15 is 0 Å². The molecule has 1 atom stereocenters. The molecular weight excluding hydrogens is 368 g/mol. The third-order valence-corrected chi connectivity index (χ3v) is 5.52. The number of amides is 1. The number of carboxylic acid groups (broad SMARTS) is 1. The molecule has 1 aliphatic rings. The Hall–Kier alpha value is -2.87. The first kappa shape index (κ1) is 18.9. The van der Waals surface area contributed by atoms with Gasteiger partial charge in [-0.05, 0) is 44.0 Å². The van der Waals surface area contributed by atoms with E-state index in [1.54, 1.807) is 6.07 Å². The minimum absolute atomic E-state index is 0.128. The molecule has 1 N–H and O–H groups in total. The molecule has 0 saturated carbocycles. The number of aliphatic carboxylic acids is 1. The van der Waals surface area contributed by atoms with Crippen molar-refractivity contribution in [2.24, 2.45) is 0 Å². The fraction of sp³-hybridized carbons (Fsp3) is 0.263. The zero-order chi connectivity index (χ0) is 19.6.